The van der Waals surface area contributed by atoms with Gasteiger partial charge < -0.3 is 13.9 Å². The second kappa shape index (κ2) is 6.65. The predicted molar refractivity (Wildman–Crippen MR) is 84.6 cm³/mol. The Labute approximate surface area is 132 Å². The van der Waals surface area contributed by atoms with Crippen molar-refractivity contribution in [2.24, 2.45) is 0 Å². The number of amides is 1. The zero-order valence-electron chi connectivity index (χ0n) is 12.4. The van der Waals surface area contributed by atoms with E-state index in [1.807, 2.05) is 6.07 Å². The van der Waals surface area contributed by atoms with Crippen molar-refractivity contribution in [1.29, 1.82) is 0 Å². The molecule has 0 spiro atoms. The summed E-state index contributed by atoms with van der Waals surface area (Å²) in [4.78, 5) is 16.1. The van der Waals surface area contributed by atoms with E-state index in [0.717, 1.165) is 0 Å². The number of rotatable bonds is 4. The smallest absolute Gasteiger partial charge is 0.417 e. The van der Waals surface area contributed by atoms with Crippen LogP contribution in [0.15, 0.2) is 65.4 Å². The molecule has 0 atom stereocenters. The number of carbonyl (C=O) groups excluding carboxylic acids is 1. The van der Waals surface area contributed by atoms with Crippen LogP contribution in [-0.2, 0) is 0 Å². The van der Waals surface area contributed by atoms with Crippen LogP contribution in [0.4, 0.5) is 10.5 Å². The molecule has 0 radical (unpaired) electrons. The van der Waals surface area contributed by atoms with Crippen LogP contribution < -0.4 is 14.8 Å². The summed E-state index contributed by atoms with van der Waals surface area (Å²) in [5, 5.41) is 2.68. The van der Waals surface area contributed by atoms with Gasteiger partial charge in [0.05, 0.1) is 24.6 Å². The summed E-state index contributed by atoms with van der Waals surface area (Å²) < 4.78 is 15.7. The molecule has 1 N–H and O–H groups in total. The van der Waals surface area contributed by atoms with Crippen molar-refractivity contribution >= 4 is 11.8 Å². The first kappa shape index (κ1) is 14.6. The fourth-order valence-electron chi connectivity index (χ4n) is 2.02. The number of hydrogen-bond donors (Lipinski definition) is 1. The lowest BCUT2D eigenvalue weighted by Gasteiger charge is -2.11. The van der Waals surface area contributed by atoms with Gasteiger partial charge in [-0.15, -0.1) is 0 Å². The van der Waals surface area contributed by atoms with Gasteiger partial charge >= 0.3 is 6.09 Å². The van der Waals surface area contributed by atoms with Crippen molar-refractivity contribution in [1.82, 2.24) is 4.98 Å². The molecule has 3 aromatic rings. The highest BCUT2D eigenvalue weighted by Crippen LogP contribution is 2.31. The third-order valence-electron chi connectivity index (χ3n) is 3.08. The highest BCUT2D eigenvalue weighted by molar-refractivity contribution is 5.91. The highest BCUT2D eigenvalue weighted by atomic mass is 16.6. The summed E-state index contributed by atoms with van der Waals surface area (Å²) in [6.45, 7) is 0. The Kier molecular flexibility index (Phi) is 4.24. The van der Waals surface area contributed by atoms with Gasteiger partial charge in [0.15, 0.2) is 0 Å². The van der Waals surface area contributed by atoms with E-state index in [-0.39, 0.29) is 0 Å². The topological polar surface area (TPSA) is 73.6 Å². The Morgan fingerprint density at radius 1 is 1.13 bits per heavy atom. The molecule has 116 valence electrons. The molecule has 3 rings (SSSR count). The minimum atomic E-state index is -0.603. The second-order valence-corrected chi connectivity index (χ2v) is 4.58. The lowest BCUT2D eigenvalue weighted by atomic mass is 10.1. The summed E-state index contributed by atoms with van der Waals surface area (Å²) in [7, 11) is 1.56. The van der Waals surface area contributed by atoms with Crippen LogP contribution >= 0.6 is 0 Å². The normalized spacial score (nSPS) is 10.1. The van der Waals surface area contributed by atoms with Crippen molar-refractivity contribution < 1.29 is 18.7 Å². The molecule has 0 aliphatic rings. The van der Waals surface area contributed by atoms with E-state index in [9.17, 15) is 4.79 Å². The molecule has 1 aromatic heterocycles. The van der Waals surface area contributed by atoms with Crippen LogP contribution in [0.5, 0.6) is 11.5 Å². The van der Waals surface area contributed by atoms with Gasteiger partial charge in [0.25, 0.3) is 0 Å². The van der Waals surface area contributed by atoms with Gasteiger partial charge in [0.2, 0.25) is 5.89 Å². The molecule has 1 heterocycles. The Bertz CT molecular complexity index is 786. The van der Waals surface area contributed by atoms with Crippen molar-refractivity contribution in [2.45, 2.75) is 0 Å². The Balaban J connectivity index is 1.83. The zero-order chi connectivity index (χ0) is 16.1. The maximum atomic E-state index is 12.0. The number of anilines is 1. The van der Waals surface area contributed by atoms with Crippen molar-refractivity contribution in [3.63, 3.8) is 0 Å². The maximum Gasteiger partial charge on any atom is 0.417 e. The van der Waals surface area contributed by atoms with E-state index in [0.29, 0.717) is 28.6 Å². The minimum Gasteiger partial charge on any atom is -0.497 e. The SMILES string of the molecule is COc1ccc(NC(=O)Oc2ccccc2)c(-c2ncco2)c1. The second-order valence-electron chi connectivity index (χ2n) is 4.58. The van der Waals surface area contributed by atoms with Crippen LogP contribution in [0, 0.1) is 0 Å². The Morgan fingerprint density at radius 2 is 1.96 bits per heavy atom. The van der Waals surface area contributed by atoms with Gasteiger partial charge in [-0.2, -0.15) is 0 Å². The summed E-state index contributed by atoms with van der Waals surface area (Å²) >= 11 is 0. The average Bonchev–Trinajstić information content (AvgIpc) is 3.10. The van der Waals surface area contributed by atoms with E-state index < -0.39 is 6.09 Å². The average molecular weight is 310 g/mol. The molecule has 0 unspecified atom stereocenters. The number of aromatic nitrogens is 1. The summed E-state index contributed by atoms with van der Waals surface area (Å²) in [5.74, 6) is 1.45. The number of ether oxygens (including phenoxy) is 2. The number of methoxy groups -OCH3 is 1. The lowest BCUT2D eigenvalue weighted by Crippen LogP contribution is -2.17. The first-order valence-corrected chi connectivity index (χ1v) is 6.88. The molecule has 6 nitrogen and oxygen atoms in total. The third-order valence-corrected chi connectivity index (χ3v) is 3.08. The third kappa shape index (κ3) is 3.49. The number of hydrogen-bond acceptors (Lipinski definition) is 5. The van der Waals surface area contributed by atoms with E-state index in [2.05, 4.69) is 10.3 Å². The number of nitrogens with zero attached hydrogens (tertiary/aromatic N) is 1. The van der Waals surface area contributed by atoms with Crippen LogP contribution in [0.1, 0.15) is 0 Å². The van der Waals surface area contributed by atoms with Crippen molar-refractivity contribution in [2.75, 3.05) is 12.4 Å². The summed E-state index contributed by atoms with van der Waals surface area (Å²) in [6.07, 6.45) is 2.39. The molecule has 0 aliphatic carbocycles. The fraction of sp³-hybridized carbons (Fsp3) is 0.0588. The van der Waals surface area contributed by atoms with E-state index in [1.165, 1.54) is 12.5 Å². The molecule has 0 fully saturated rings. The predicted octanol–water partition coefficient (Wildman–Crippen LogP) is 3.96. The molecule has 1 amide bonds. The van der Waals surface area contributed by atoms with Crippen LogP contribution in [0.2, 0.25) is 0 Å². The van der Waals surface area contributed by atoms with Crippen LogP contribution in [0.25, 0.3) is 11.5 Å². The lowest BCUT2D eigenvalue weighted by molar-refractivity contribution is 0.215. The number of nitrogens with one attached hydrogen (secondary N) is 1. The van der Waals surface area contributed by atoms with Gasteiger partial charge in [-0.25, -0.2) is 9.78 Å². The van der Waals surface area contributed by atoms with Gasteiger partial charge in [0, 0.05) is 0 Å². The van der Waals surface area contributed by atoms with E-state index >= 15 is 0 Å². The monoisotopic (exact) mass is 310 g/mol. The van der Waals surface area contributed by atoms with Crippen molar-refractivity contribution in [3.8, 4) is 23.0 Å². The minimum absolute atomic E-state index is 0.374. The summed E-state index contributed by atoms with van der Waals surface area (Å²) in [6, 6.07) is 14.0. The fourth-order valence-corrected chi connectivity index (χ4v) is 2.02. The number of benzene rings is 2. The highest BCUT2D eigenvalue weighted by Gasteiger charge is 2.14. The van der Waals surface area contributed by atoms with E-state index in [1.54, 1.807) is 49.6 Å². The quantitative estimate of drug-likeness (QED) is 0.789. The van der Waals surface area contributed by atoms with E-state index in [4.69, 9.17) is 13.9 Å². The van der Waals surface area contributed by atoms with Gasteiger partial charge in [-0.05, 0) is 30.3 Å². The molecule has 23 heavy (non-hydrogen) atoms. The molecule has 0 aliphatic heterocycles. The summed E-state index contributed by atoms with van der Waals surface area (Å²) in [5.41, 5.74) is 1.11. The molecular weight excluding hydrogens is 296 g/mol. The maximum absolute atomic E-state index is 12.0. The van der Waals surface area contributed by atoms with Crippen LogP contribution in [0.3, 0.4) is 0 Å². The Morgan fingerprint density at radius 3 is 2.65 bits per heavy atom. The van der Waals surface area contributed by atoms with Gasteiger partial charge in [-0.1, -0.05) is 18.2 Å². The zero-order valence-corrected chi connectivity index (χ0v) is 12.4. The van der Waals surface area contributed by atoms with Gasteiger partial charge in [0.1, 0.15) is 17.8 Å². The van der Waals surface area contributed by atoms with Crippen molar-refractivity contribution in [3.05, 3.63) is 61.0 Å². The molecule has 0 saturated heterocycles. The Hall–Kier alpha value is -3.28. The first-order chi connectivity index (χ1) is 11.3. The number of oxazole rings is 1. The number of carbonyl (C=O) groups is 1. The molecule has 6 heteroatoms. The number of para-hydroxylation sites is 1. The largest absolute Gasteiger partial charge is 0.497 e. The molecule has 0 saturated carbocycles. The standard InChI is InChI=1S/C17H14N2O4/c1-21-13-7-8-15(14(11-13)16-18-9-10-22-16)19-17(20)23-12-5-3-2-4-6-12/h2-11H,1H3,(H,19,20). The first-order valence-electron chi connectivity index (χ1n) is 6.88. The molecule has 0 bridgehead atoms. The molecular formula is C17H14N2O4. The van der Waals surface area contributed by atoms with Crippen LogP contribution in [-0.4, -0.2) is 18.2 Å². The molecule has 2 aromatic carbocycles. The van der Waals surface area contributed by atoms with Gasteiger partial charge in [-0.3, -0.25) is 5.32 Å².